The molecule has 6 heteroatoms. The number of halogens is 3. The topological polar surface area (TPSA) is 57.5 Å². The van der Waals surface area contributed by atoms with Gasteiger partial charge in [0.05, 0.1) is 5.92 Å². The van der Waals surface area contributed by atoms with Crippen molar-refractivity contribution >= 4 is 5.97 Å². The van der Waals surface area contributed by atoms with Gasteiger partial charge in [-0.2, -0.15) is 13.2 Å². The van der Waals surface area contributed by atoms with E-state index in [0.717, 1.165) is 0 Å². The fraction of sp³-hybridized carbons (Fsp3) is 0.857. The number of rotatable bonds is 1. The van der Waals surface area contributed by atoms with Crippen LogP contribution in [0.4, 0.5) is 13.2 Å². The second kappa shape index (κ2) is 2.87. The highest BCUT2D eigenvalue weighted by atomic mass is 19.4. The van der Waals surface area contributed by atoms with Gasteiger partial charge in [0, 0.05) is 0 Å². The lowest BCUT2D eigenvalue weighted by Crippen LogP contribution is -2.43. The smallest absolute Gasteiger partial charge is 0.417 e. The molecule has 0 spiro atoms. The Morgan fingerprint density at radius 2 is 2.00 bits per heavy atom. The molecular formula is C7H9F3O3. The third kappa shape index (κ3) is 1.77. The van der Waals surface area contributed by atoms with Gasteiger partial charge in [0.15, 0.2) is 5.60 Å². The zero-order chi connectivity index (χ0) is 10.3. The lowest BCUT2D eigenvalue weighted by atomic mass is 10.00. The van der Waals surface area contributed by atoms with Gasteiger partial charge in [-0.05, 0) is 19.3 Å². The van der Waals surface area contributed by atoms with Crippen LogP contribution in [0.15, 0.2) is 0 Å². The SMILES string of the molecule is O=C(O)C1CCC(O)(C(F)(F)F)C1. The third-order valence-corrected chi connectivity index (χ3v) is 2.37. The number of aliphatic hydroxyl groups is 1. The zero-order valence-electron chi connectivity index (χ0n) is 6.64. The summed E-state index contributed by atoms with van der Waals surface area (Å²) >= 11 is 0. The van der Waals surface area contributed by atoms with Crippen molar-refractivity contribution < 1.29 is 28.2 Å². The van der Waals surface area contributed by atoms with Gasteiger partial charge in [-0.1, -0.05) is 0 Å². The van der Waals surface area contributed by atoms with Gasteiger partial charge in [-0.15, -0.1) is 0 Å². The molecular weight excluding hydrogens is 189 g/mol. The molecule has 0 radical (unpaired) electrons. The molecule has 1 fully saturated rings. The normalized spacial score (nSPS) is 34.9. The van der Waals surface area contributed by atoms with E-state index in [0.29, 0.717) is 0 Å². The van der Waals surface area contributed by atoms with Crippen molar-refractivity contribution in [2.24, 2.45) is 5.92 Å². The Morgan fingerprint density at radius 1 is 1.46 bits per heavy atom. The molecule has 0 aromatic carbocycles. The van der Waals surface area contributed by atoms with Crippen molar-refractivity contribution in [3.63, 3.8) is 0 Å². The van der Waals surface area contributed by atoms with Crippen LogP contribution in [0.25, 0.3) is 0 Å². The average molecular weight is 198 g/mol. The summed E-state index contributed by atoms with van der Waals surface area (Å²) in [5, 5.41) is 17.5. The largest absolute Gasteiger partial charge is 0.481 e. The number of alkyl halides is 3. The van der Waals surface area contributed by atoms with Crippen molar-refractivity contribution in [1.82, 2.24) is 0 Å². The van der Waals surface area contributed by atoms with Crippen LogP contribution in [-0.2, 0) is 4.79 Å². The Hall–Kier alpha value is -0.780. The van der Waals surface area contributed by atoms with Gasteiger partial charge < -0.3 is 10.2 Å². The summed E-state index contributed by atoms with van der Waals surface area (Å²) in [4.78, 5) is 10.3. The third-order valence-electron chi connectivity index (χ3n) is 2.37. The summed E-state index contributed by atoms with van der Waals surface area (Å²) in [6.45, 7) is 0. The molecule has 13 heavy (non-hydrogen) atoms. The van der Waals surface area contributed by atoms with Gasteiger partial charge in [0.25, 0.3) is 0 Å². The maximum atomic E-state index is 12.1. The first-order chi connectivity index (χ1) is 5.76. The maximum absolute atomic E-state index is 12.1. The number of hydrogen-bond donors (Lipinski definition) is 2. The lowest BCUT2D eigenvalue weighted by Gasteiger charge is -2.25. The number of carbonyl (C=O) groups is 1. The van der Waals surface area contributed by atoms with E-state index in [1.165, 1.54) is 0 Å². The summed E-state index contributed by atoms with van der Waals surface area (Å²) in [5.74, 6) is -2.35. The molecule has 0 aromatic heterocycles. The molecule has 3 nitrogen and oxygen atoms in total. The van der Waals surface area contributed by atoms with Crippen molar-refractivity contribution in [2.75, 3.05) is 0 Å². The molecule has 1 rings (SSSR count). The van der Waals surface area contributed by atoms with Crippen LogP contribution in [0.1, 0.15) is 19.3 Å². The molecule has 76 valence electrons. The van der Waals surface area contributed by atoms with Gasteiger partial charge in [0.1, 0.15) is 0 Å². The van der Waals surface area contributed by atoms with Crippen molar-refractivity contribution in [1.29, 1.82) is 0 Å². The molecule has 2 N–H and O–H groups in total. The van der Waals surface area contributed by atoms with Crippen molar-refractivity contribution in [3.05, 3.63) is 0 Å². The van der Waals surface area contributed by atoms with E-state index in [1.807, 2.05) is 0 Å². The molecule has 0 amide bonds. The summed E-state index contributed by atoms with van der Waals surface area (Å²) < 4.78 is 36.4. The number of hydrogen-bond acceptors (Lipinski definition) is 2. The van der Waals surface area contributed by atoms with Crippen molar-refractivity contribution in [2.45, 2.75) is 31.0 Å². The number of aliphatic carboxylic acids is 1. The van der Waals surface area contributed by atoms with E-state index in [4.69, 9.17) is 10.2 Å². The van der Waals surface area contributed by atoms with E-state index < -0.39 is 36.5 Å². The maximum Gasteiger partial charge on any atom is 0.417 e. The summed E-state index contributed by atoms with van der Waals surface area (Å²) in [5.41, 5.74) is -2.80. The van der Waals surface area contributed by atoms with E-state index in [9.17, 15) is 18.0 Å². The standard InChI is InChI=1S/C7H9F3O3/c8-7(9,10)6(13)2-1-4(3-6)5(11)12/h4,13H,1-3H2,(H,11,12). The number of carboxylic acid groups (broad SMARTS) is 1. The fourth-order valence-electron chi connectivity index (χ4n) is 1.49. The van der Waals surface area contributed by atoms with Gasteiger partial charge in [0.2, 0.25) is 0 Å². The molecule has 2 unspecified atom stereocenters. The van der Waals surface area contributed by atoms with E-state index in [-0.39, 0.29) is 6.42 Å². The summed E-state index contributed by atoms with van der Waals surface area (Å²) in [6, 6.07) is 0. The highest BCUT2D eigenvalue weighted by molar-refractivity contribution is 5.70. The molecule has 1 saturated carbocycles. The Kier molecular flexibility index (Phi) is 2.27. The summed E-state index contributed by atoms with van der Waals surface area (Å²) in [7, 11) is 0. The van der Waals surface area contributed by atoms with Crippen molar-refractivity contribution in [3.8, 4) is 0 Å². The van der Waals surface area contributed by atoms with Gasteiger partial charge in [-0.25, -0.2) is 0 Å². The molecule has 0 aliphatic heterocycles. The van der Waals surface area contributed by atoms with E-state index in [1.54, 1.807) is 0 Å². The van der Waals surface area contributed by atoms with Crippen LogP contribution >= 0.6 is 0 Å². The van der Waals surface area contributed by atoms with Crippen LogP contribution in [0, 0.1) is 5.92 Å². The van der Waals surface area contributed by atoms with Crippen LogP contribution in [0.3, 0.4) is 0 Å². The van der Waals surface area contributed by atoms with Gasteiger partial charge in [-0.3, -0.25) is 4.79 Å². The first-order valence-corrected chi connectivity index (χ1v) is 3.78. The monoisotopic (exact) mass is 198 g/mol. The fourth-order valence-corrected chi connectivity index (χ4v) is 1.49. The molecule has 0 saturated heterocycles. The highest BCUT2D eigenvalue weighted by Gasteiger charge is 2.58. The average Bonchev–Trinajstić information content (AvgIpc) is 2.31. The van der Waals surface area contributed by atoms with Crippen LogP contribution in [0.2, 0.25) is 0 Å². The molecule has 1 aliphatic carbocycles. The molecule has 1 aliphatic rings. The minimum Gasteiger partial charge on any atom is -0.481 e. The van der Waals surface area contributed by atoms with Crippen LogP contribution < -0.4 is 0 Å². The Balaban J connectivity index is 2.72. The second-order valence-corrected chi connectivity index (χ2v) is 3.31. The first kappa shape index (κ1) is 10.3. The lowest BCUT2D eigenvalue weighted by molar-refractivity contribution is -0.258. The van der Waals surface area contributed by atoms with Crippen LogP contribution in [0.5, 0.6) is 0 Å². The minimum absolute atomic E-state index is 0.120. The predicted molar refractivity (Wildman–Crippen MR) is 36.0 cm³/mol. The summed E-state index contributed by atoms with van der Waals surface area (Å²) in [6.07, 6.45) is -6.10. The second-order valence-electron chi connectivity index (χ2n) is 3.31. The Bertz CT molecular complexity index is 226. The van der Waals surface area contributed by atoms with Gasteiger partial charge >= 0.3 is 12.1 Å². The van der Waals surface area contributed by atoms with E-state index in [2.05, 4.69) is 0 Å². The first-order valence-electron chi connectivity index (χ1n) is 3.78. The van der Waals surface area contributed by atoms with E-state index >= 15 is 0 Å². The minimum atomic E-state index is -4.72. The Morgan fingerprint density at radius 3 is 2.23 bits per heavy atom. The van der Waals surface area contributed by atoms with Crippen LogP contribution in [-0.4, -0.2) is 28.0 Å². The molecule has 0 aromatic rings. The molecule has 0 bridgehead atoms. The highest BCUT2D eigenvalue weighted by Crippen LogP contribution is 2.45. The zero-order valence-corrected chi connectivity index (χ0v) is 6.64. The number of carboxylic acids is 1. The molecule has 0 heterocycles. The molecule has 2 atom stereocenters. The predicted octanol–water partition coefficient (Wildman–Crippen LogP) is 1.16. The Labute approximate surface area is 72.2 Å². The quantitative estimate of drug-likeness (QED) is 0.664.